The van der Waals surface area contributed by atoms with Crippen molar-refractivity contribution in [3.63, 3.8) is 0 Å². The van der Waals surface area contributed by atoms with E-state index in [1.807, 2.05) is 0 Å². The highest BCUT2D eigenvalue weighted by Crippen LogP contribution is 2.30. The predicted octanol–water partition coefficient (Wildman–Crippen LogP) is 2.43. The zero-order valence-electron chi connectivity index (χ0n) is 12.5. The van der Waals surface area contributed by atoms with Crippen LogP contribution in [0.25, 0.3) is 0 Å². The second-order valence-electron chi connectivity index (χ2n) is 5.57. The van der Waals surface area contributed by atoms with Crippen LogP contribution in [0.3, 0.4) is 0 Å². The zero-order chi connectivity index (χ0) is 16.6. The normalized spacial score (nSPS) is 16.7. The van der Waals surface area contributed by atoms with E-state index in [4.69, 9.17) is 5.73 Å². The molecular weight excluding hydrogens is 316 g/mol. The summed E-state index contributed by atoms with van der Waals surface area (Å²) in [5.74, 6) is -0.518. The Morgan fingerprint density at radius 1 is 1.52 bits per heavy atom. The lowest BCUT2D eigenvalue weighted by molar-refractivity contribution is -0.385. The number of nitrogens with one attached hydrogen (secondary N) is 1. The Labute approximate surface area is 136 Å². The van der Waals surface area contributed by atoms with Gasteiger partial charge in [0.1, 0.15) is 5.56 Å². The maximum Gasteiger partial charge on any atom is 0.285 e. The molecule has 0 radical (unpaired) electrons. The van der Waals surface area contributed by atoms with Gasteiger partial charge in [-0.15, -0.1) is 11.3 Å². The predicted molar refractivity (Wildman–Crippen MR) is 87.9 cm³/mol. The van der Waals surface area contributed by atoms with Gasteiger partial charge < -0.3 is 5.73 Å². The number of benzene rings is 1. The molecular formula is C15H16N4O3S. The Balaban J connectivity index is 1.86. The summed E-state index contributed by atoms with van der Waals surface area (Å²) in [6.45, 7) is 1.61. The standard InChI is InChI=1S/C15H16N4O3S/c1-8-3-2-4-10(13(8)19(21)22)14(20)18-15-17-11-6-5-9(16)7-12(11)23-15/h2-4,9H,5-7,16H2,1H3,(H,17,18,20)/t9-/m0/s1. The molecule has 0 saturated carbocycles. The number of hydrogen-bond donors (Lipinski definition) is 2. The molecule has 120 valence electrons. The van der Waals surface area contributed by atoms with Crippen LogP contribution >= 0.6 is 11.3 Å². The number of fused-ring (bicyclic) bond motifs is 1. The summed E-state index contributed by atoms with van der Waals surface area (Å²) >= 11 is 1.39. The topological polar surface area (TPSA) is 111 Å². The average Bonchev–Trinajstić information content (AvgIpc) is 2.87. The van der Waals surface area contributed by atoms with Gasteiger partial charge in [-0.1, -0.05) is 12.1 Å². The number of rotatable bonds is 3. The molecule has 3 rings (SSSR count). The molecule has 7 nitrogen and oxygen atoms in total. The quantitative estimate of drug-likeness (QED) is 0.662. The van der Waals surface area contributed by atoms with Gasteiger partial charge in [-0.25, -0.2) is 4.98 Å². The summed E-state index contributed by atoms with van der Waals surface area (Å²) in [6.07, 6.45) is 2.44. The number of thiazole rings is 1. The van der Waals surface area contributed by atoms with Crippen molar-refractivity contribution in [3.05, 3.63) is 50.0 Å². The van der Waals surface area contributed by atoms with E-state index in [0.29, 0.717) is 10.7 Å². The van der Waals surface area contributed by atoms with Crippen LogP contribution < -0.4 is 11.1 Å². The molecule has 1 atom stereocenters. The van der Waals surface area contributed by atoms with Crippen LogP contribution in [-0.2, 0) is 12.8 Å². The van der Waals surface area contributed by atoms with Crippen molar-refractivity contribution in [3.8, 4) is 0 Å². The molecule has 1 amide bonds. The van der Waals surface area contributed by atoms with E-state index in [2.05, 4.69) is 10.3 Å². The van der Waals surface area contributed by atoms with Crippen molar-refractivity contribution < 1.29 is 9.72 Å². The zero-order valence-corrected chi connectivity index (χ0v) is 13.4. The smallest absolute Gasteiger partial charge is 0.285 e. The lowest BCUT2D eigenvalue weighted by Gasteiger charge is -2.15. The third-order valence-corrected chi connectivity index (χ3v) is 4.90. The number of carbonyl (C=O) groups is 1. The number of amides is 1. The van der Waals surface area contributed by atoms with Crippen molar-refractivity contribution >= 4 is 28.1 Å². The first kappa shape index (κ1) is 15.6. The molecule has 0 aliphatic heterocycles. The fraction of sp³-hybridized carbons (Fsp3) is 0.333. The van der Waals surface area contributed by atoms with Gasteiger partial charge in [0.25, 0.3) is 11.6 Å². The van der Waals surface area contributed by atoms with Crippen molar-refractivity contribution in [2.24, 2.45) is 5.73 Å². The second-order valence-corrected chi connectivity index (χ2v) is 6.66. The summed E-state index contributed by atoms with van der Waals surface area (Å²) < 4.78 is 0. The van der Waals surface area contributed by atoms with Crippen molar-refractivity contribution in [1.29, 1.82) is 0 Å². The highest BCUT2D eigenvalue weighted by molar-refractivity contribution is 7.15. The molecule has 1 aliphatic carbocycles. The number of nitro benzene ring substituents is 1. The molecule has 0 unspecified atom stereocenters. The molecule has 0 bridgehead atoms. The minimum absolute atomic E-state index is 0.0415. The molecule has 0 saturated heterocycles. The van der Waals surface area contributed by atoms with Crippen molar-refractivity contribution in [2.75, 3.05) is 5.32 Å². The third-order valence-electron chi connectivity index (χ3n) is 3.86. The van der Waals surface area contributed by atoms with E-state index < -0.39 is 10.8 Å². The summed E-state index contributed by atoms with van der Waals surface area (Å²) in [4.78, 5) is 28.5. The molecule has 1 aromatic carbocycles. The highest BCUT2D eigenvalue weighted by atomic mass is 32.1. The molecule has 0 fully saturated rings. The summed E-state index contributed by atoms with van der Waals surface area (Å²) in [7, 11) is 0. The van der Waals surface area contributed by atoms with E-state index in [1.165, 1.54) is 17.4 Å². The van der Waals surface area contributed by atoms with Crippen LogP contribution in [0.1, 0.15) is 32.9 Å². The van der Waals surface area contributed by atoms with Gasteiger partial charge in [-0.05, 0) is 32.3 Å². The molecule has 8 heteroatoms. The maximum atomic E-state index is 12.4. The number of nitro groups is 1. The first-order valence-electron chi connectivity index (χ1n) is 7.25. The molecule has 1 aromatic heterocycles. The van der Waals surface area contributed by atoms with Crippen molar-refractivity contribution in [1.82, 2.24) is 4.98 Å². The SMILES string of the molecule is Cc1cccc(C(=O)Nc2nc3c(s2)C[C@@H](N)CC3)c1[N+](=O)[O-]. The van der Waals surface area contributed by atoms with Crippen molar-refractivity contribution in [2.45, 2.75) is 32.2 Å². The monoisotopic (exact) mass is 332 g/mol. The molecule has 23 heavy (non-hydrogen) atoms. The van der Waals surface area contributed by atoms with Crippen LogP contribution in [0.15, 0.2) is 18.2 Å². The van der Waals surface area contributed by atoms with E-state index >= 15 is 0 Å². The highest BCUT2D eigenvalue weighted by Gasteiger charge is 2.25. The molecule has 1 heterocycles. The fourth-order valence-electron chi connectivity index (χ4n) is 2.70. The Kier molecular flexibility index (Phi) is 4.10. The Hall–Kier alpha value is -2.32. The number of anilines is 1. The van der Waals surface area contributed by atoms with Gasteiger partial charge in [0.05, 0.1) is 10.6 Å². The Bertz CT molecular complexity index is 787. The average molecular weight is 332 g/mol. The summed E-state index contributed by atoms with van der Waals surface area (Å²) in [5, 5.41) is 14.3. The van der Waals surface area contributed by atoms with Crippen LogP contribution in [-0.4, -0.2) is 21.9 Å². The molecule has 3 N–H and O–H groups in total. The number of aryl methyl sites for hydroxylation is 2. The Morgan fingerprint density at radius 3 is 3.04 bits per heavy atom. The Morgan fingerprint density at radius 2 is 2.30 bits per heavy atom. The van der Waals surface area contributed by atoms with Gasteiger partial charge in [0.15, 0.2) is 5.13 Å². The summed E-state index contributed by atoms with van der Waals surface area (Å²) in [6, 6.07) is 4.81. The summed E-state index contributed by atoms with van der Waals surface area (Å²) in [5.41, 5.74) is 7.22. The number of nitrogens with zero attached hydrogens (tertiary/aromatic N) is 2. The van der Waals surface area contributed by atoms with Gasteiger partial charge in [0, 0.05) is 16.5 Å². The lowest BCUT2D eigenvalue weighted by atomic mass is 9.99. The first-order valence-corrected chi connectivity index (χ1v) is 8.07. The number of carbonyl (C=O) groups excluding carboxylic acids is 1. The van der Waals surface area contributed by atoms with Crippen LogP contribution in [0.4, 0.5) is 10.8 Å². The second kappa shape index (κ2) is 6.05. The fourth-order valence-corrected chi connectivity index (χ4v) is 3.80. The van der Waals surface area contributed by atoms with Gasteiger partial charge in [-0.3, -0.25) is 20.2 Å². The minimum Gasteiger partial charge on any atom is -0.327 e. The maximum absolute atomic E-state index is 12.4. The van der Waals surface area contributed by atoms with Gasteiger partial charge in [-0.2, -0.15) is 0 Å². The van der Waals surface area contributed by atoms with E-state index in [0.717, 1.165) is 29.8 Å². The van der Waals surface area contributed by atoms with Crippen LogP contribution in [0.2, 0.25) is 0 Å². The lowest BCUT2D eigenvalue weighted by Crippen LogP contribution is -2.27. The van der Waals surface area contributed by atoms with E-state index in [1.54, 1.807) is 19.1 Å². The van der Waals surface area contributed by atoms with Gasteiger partial charge >= 0.3 is 0 Å². The van der Waals surface area contributed by atoms with Crippen LogP contribution in [0, 0.1) is 17.0 Å². The molecule has 1 aliphatic rings. The number of para-hydroxylation sites is 1. The number of nitrogens with two attached hydrogens (primary N) is 1. The van der Waals surface area contributed by atoms with E-state index in [-0.39, 0.29) is 17.3 Å². The van der Waals surface area contributed by atoms with Gasteiger partial charge in [0.2, 0.25) is 0 Å². The third kappa shape index (κ3) is 3.08. The van der Waals surface area contributed by atoms with E-state index in [9.17, 15) is 14.9 Å². The molecule has 2 aromatic rings. The largest absolute Gasteiger partial charge is 0.327 e. The first-order chi connectivity index (χ1) is 11.0. The number of aromatic nitrogens is 1. The minimum atomic E-state index is -0.532. The van der Waals surface area contributed by atoms with Crippen LogP contribution in [0.5, 0.6) is 0 Å². The molecule has 0 spiro atoms. The number of hydrogen-bond acceptors (Lipinski definition) is 6.